The number of esters is 2. The van der Waals surface area contributed by atoms with Crippen molar-refractivity contribution in [3.8, 4) is 0 Å². The number of aromatic nitrogens is 4. The highest BCUT2D eigenvalue weighted by Gasteiger charge is 2.22. The molecule has 0 spiro atoms. The maximum absolute atomic E-state index is 14.0. The molecule has 0 saturated carbocycles. The minimum Gasteiger partial charge on any atom is -0.466 e. The summed E-state index contributed by atoms with van der Waals surface area (Å²) in [5.74, 6) is -0.510. The molecule has 46 heavy (non-hydrogen) atoms. The van der Waals surface area contributed by atoms with E-state index in [4.69, 9.17) is 19.4 Å². The second kappa shape index (κ2) is 10.5. The predicted molar refractivity (Wildman–Crippen MR) is 176 cm³/mol. The largest absolute Gasteiger partial charge is 0.466 e. The average Bonchev–Trinajstić information content (AvgIpc) is 3.63. The lowest BCUT2D eigenvalue weighted by molar-refractivity contribution is -0.144. The van der Waals surface area contributed by atoms with Crippen LogP contribution in [0.15, 0.2) is 70.3 Å². The van der Waals surface area contributed by atoms with E-state index in [1.165, 1.54) is 0 Å². The van der Waals surface area contributed by atoms with Crippen LogP contribution in [-0.4, -0.2) is 43.9 Å². The number of pyridine rings is 2. The number of aryl methyl sites for hydroxylation is 2. The van der Waals surface area contributed by atoms with Gasteiger partial charge in [0.05, 0.1) is 35.3 Å². The van der Waals surface area contributed by atoms with E-state index >= 15 is 0 Å². The zero-order chi connectivity index (χ0) is 31.7. The van der Waals surface area contributed by atoms with E-state index in [0.717, 1.165) is 21.9 Å². The van der Waals surface area contributed by atoms with Crippen LogP contribution in [0.5, 0.6) is 0 Å². The van der Waals surface area contributed by atoms with Crippen LogP contribution in [0.3, 0.4) is 0 Å². The molecule has 8 rings (SSSR count). The van der Waals surface area contributed by atoms with E-state index in [9.17, 15) is 19.2 Å². The van der Waals surface area contributed by atoms with Crippen LogP contribution in [0.4, 0.5) is 0 Å². The summed E-state index contributed by atoms with van der Waals surface area (Å²) in [7, 11) is 0. The molecule has 0 radical (unpaired) electrons. The molecular formula is C36H28N4O6. The van der Waals surface area contributed by atoms with Gasteiger partial charge in [-0.25, -0.2) is 9.97 Å². The number of fused-ring (bicyclic) bond motifs is 8. The standard InChI is InChI=1S/C36H28N4O6/c1-3-45-29(41)15-7-19-5-13-27-25(17-19)37-33-21-9-11-24-32-22(10-12-23(31(21)32)35(43)39(27)33)34-38-26-18-20(8-16-30(42)46-4-2)6-14-28(26)40(34)36(24)44/h5-6,9-14,17-18H,3-4,7-8,15-16H2,1-2H3. The van der Waals surface area contributed by atoms with E-state index in [-0.39, 0.29) is 35.9 Å². The Morgan fingerprint density at radius 3 is 1.43 bits per heavy atom. The third kappa shape index (κ3) is 4.09. The highest BCUT2D eigenvalue weighted by atomic mass is 16.5. The summed E-state index contributed by atoms with van der Waals surface area (Å²) >= 11 is 0. The van der Waals surface area contributed by atoms with E-state index in [2.05, 4.69) is 0 Å². The minimum atomic E-state index is -0.255. The fourth-order valence-electron chi connectivity index (χ4n) is 6.76. The second-order valence-electron chi connectivity index (χ2n) is 11.5. The number of rotatable bonds is 8. The number of carbonyl (C=O) groups is 2. The molecule has 0 aliphatic rings. The Hall–Kier alpha value is -5.64. The van der Waals surface area contributed by atoms with Gasteiger partial charge in [0.2, 0.25) is 0 Å². The lowest BCUT2D eigenvalue weighted by Gasteiger charge is -2.12. The van der Waals surface area contributed by atoms with Crippen molar-refractivity contribution >= 4 is 77.6 Å². The van der Waals surface area contributed by atoms with Crippen molar-refractivity contribution in [2.24, 2.45) is 0 Å². The zero-order valence-electron chi connectivity index (χ0n) is 25.3. The molecule has 10 nitrogen and oxygen atoms in total. The van der Waals surface area contributed by atoms with Crippen LogP contribution in [0.2, 0.25) is 0 Å². The van der Waals surface area contributed by atoms with Crippen molar-refractivity contribution in [1.29, 1.82) is 0 Å². The molecular weight excluding hydrogens is 584 g/mol. The van der Waals surface area contributed by atoms with Crippen molar-refractivity contribution in [2.75, 3.05) is 13.2 Å². The van der Waals surface area contributed by atoms with Crippen molar-refractivity contribution in [2.45, 2.75) is 39.5 Å². The second-order valence-corrected chi connectivity index (χ2v) is 11.5. The van der Waals surface area contributed by atoms with E-state index in [0.29, 0.717) is 81.0 Å². The summed E-state index contributed by atoms with van der Waals surface area (Å²) in [4.78, 5) is 61.7. The van der Waals surface area contributed by atoms with Crippen LogP contribution in [0.25, 0.3) is 65.7 Å². The Bertz CT molecular complexity index is 2470. The van der Waals surface area contributed by atoms with Gasteiger partial charge in [0, 0.05) is 45.2 Å². The maximum Gasteiger partial charge on any atom is 0.306 e. The van der Waals surface area contributed by atoms with Gasteiger partial charge in [-0.05, 0) is 86.3 Å². The average molecular weight is 613 g/mol. The summed E-state index contributed by atoms with van der Waals surface area (Å²) in [5, 5.41) is 3.88. The monoisotopic (exact) mass is 612 g/mol. The van der Waals surface area contributed by atoms with Gasteiger partial charge in [0.1, 0.15) is 11.3 Å². The molecule has 4 heterocycles. The Balaban J connectivity index is 1.32. The molecule has 0 fully saturated rings. The molecule has 0 unspecified atom stereocenters. The van der Waals surface area contributed by atoms with Gasteiger partial charge in [-0.3, -0.25) is 28.0 Å². The van der Waals surface area contributed by atoms with Crippen LogP contribution in [0, 0.1) is 0 Å². The molecule has 228 valence electrons. The number of ether oxygens (including phenoxy) is 2. The SMILES string of the molecule is CCOC(=O)CCc1ccc2c(c1)nc1c3ccc4c(=O)n5c6ccc(CCC(=O)OCC)cc6nc5c5ccc(c(=O)n21)c3c45. The first-order valence-electron chi connectivity index (χ1n) is 15.4. The molecule has 0 N–H and O–H groups in total. The van der Waals surface area contributed by atoms with Crippen molar-refractivity contribution < 1.29 is 19.1 Å². The Labute approximate surface area is 260 Å². The van der Waals surface area contributed by atoms with Gasteiger partial charge in [0.15, 0.2) is 0 Å². The third-order valence-electron chi connectivity index (χ3n) is 8.79. The number of carbonyl (C=O) groups excluding carboxylic acids is 2. The van der Waals surface area contributed by atoms with Gasteiger partial charge >= 0.3 is 11.9 Å². The Morgan fingerprint density at radius 1 is 0.609 bits per heavy atom. The fourth-order valence-corrected chi connectivity index (χ4v) is 6.76. The minimum absolute atomic E-state index is 0.217. The van der Waals surface area contributed by atoms with Crippen molar-refractivity contribution in [3.05, 3.63) is 92.5 Å². The molecule has 0 atom stereocenters. The number of nitrogens with zero attached hydrogens (tertiary/aromatic N) is 4. The number of benzene rings is 4. The summed E-state index contributed by atoms with van der Waals surface area (Å²) < 4.78 is 13.4. The smallest absolute Gasteiger partial charge is 0.306 e. The van der Waals surface area contributed by atoms with Gasteiger partial charge in [-0.2, -0.15) is 0 Å². The Kier molecular flexibility index (Phi) is 6.35. The van der Waals surface area contributed by atoms with E-state index < -0.39 is 0 Å². The summed E-state index contributed by atoms with van der Waals surface area (Å²) in [6.45, 7) is 4.24. The molecule has 0 aliphatic heterocycles. The molecule has 0 saturated heterocycles. The predicted octanol–water partition coefficient (Wildman–Crippen LogP) is 5.34. The van der Waals surface area contributed by atoms with Gasteiger partial charge < -0.3 is 9.47 Å². The van der Waals surface area contributed by atoms with Crippen molar-refractivity contribution in [3.63, 3.8) is 0 Å². The first-order valence-corrected chi connectivity index (χ1v) is 15.4. The van der Waals surface area contributed by atoms with Gasteiger partial charge in [-0.1, -0.05) is 12.1 Å². The van der Waals surface area contributed by atoms with E-state index in [1.807, 2.05) is 48.5 Å². The van der Waals surface area contributed by atoms with Gasteiger partial charge in [0.25, 0.3) is 11.1 Å². The van der Waals surface area contributed by atoms with Crippen LogP contribution >= 0.6 is 0 Å². The van der Waals surface area contributed by atoms with Gasteiger partial charge in [-0.15, -0.1) is 0 Å². The number of imidazole rings is 2. The lowest BCUT2D eigenvalue weighted by Crippen LogP contribution is -2.16. The molecule has 4 aromatic heterocycles. The van der Waals surface area contributed by atoms with Crippen LogP contribution in [0.1, 0.15) is 37.8 Å². The first-order chi connectivity index (χ1) is 22.4. The van der Waals surface area contributed by atoms with Crippen molar-refractivity contribution in [1.82, 2.24) is 18.8 Å². The van der Waals surface area contributed by atoms with Crippen LogP contribution in [-0.2, 0) is 31.9 Å². The maximum atomic E-state index is 14.0. The summed E-state index contributed by atoms with van der Waals surface area (Å²) in [5.41, 5.74) is 5.09. The third-order valence-corrected chi connectivity index (χ3v) is 8.79. The highest BCUT2D eigenvalue weighted by molar-refractivity contribution is 6.27. The normalized spacial score (nSPS) is 12.1. The van der Waals surface area contributed by atoms with Crippen LogP contribution < -0.4 is 11.1 Å². The Morgan fingerprint density at radius 2 is 1.02 bits per heavy atom. The van der Waals surface area contributed by atoms with E-state index in [1.54, 1.807) is 34.8 Å². The topological polar surface area (TPSA) is 121 Å². The lowest BCUT2D eigenvalue weighted by atomic mass is 9.96. The fraction of sp³-hybridized carbons (Fsp3) is 0.222. The number of hydrogen-bond acceptors (Lipinski definition) is 8. The molecule has 4 aromatic carbocycles. The zero-order valence-corrected chi connectivity index (χ0v) is 25.3. The summed E-state index contributed by atoms with van der Waals surface area (Å²) in [6, 6.07) is 18.7. The number of hydrogen-bond donors (Lipinski definition) is 0. The molecule has 0 bridgehead atoms. The molecule has 8 aromatic rings. The molecule has 10 heteroatoms. The highest BCUT2D eigenvalue weighted by Crippen LogP contribution is 2.37. The summed E-state index contributed by atoms with van der Waals surface area (Å²) in [6.07, 6.45) is 1.53. The molecule has 0 amide bonds. The molecule has 0 aliphatic carbocycles. The quantitative estimate of drug-likeness (QED) is 0.167. The first kappa shape index (κ1) is 27.9.